The molecule has 5 nitrogen and oxygen atoms in total. The number of nitrogens with one attached hydrogen (secondary N) is 1. The zero-order valence-electron chi connectivity index (χ0n) is 17.6. The maximum Gasteiger partial charge on any atom is 0.268 e. The molecule has 0 saturated carbocycles. The van der Waals surface area contributed by atoms with Gasteiger partial charge in [0.05, 0.1) is 5.69 Å². The quantitative estimate of drug-likeness (QED) is 0.800. The Morgan fingerprint density at radius 2 is 2.00 bits per heavy atom. The van der Waals surface area contributed by atoms with Crippen molar-refractivity contribution in [1.29, 1.82) is 0 Å². The maximum absolute atomic E-state index is 13.5. The number of aryl methyl sites for hydroxylation is 2. The summed E-state index contributed by atoms with van der Waals surface area (Å²) in [5.41, 5.74) is 4.64. The standard InChI is InChI=1S/C24H29N3O2.ClH/c1-17-9-14-27(20-8-3-6-18-5-2-7-19(18)20)23(29)21(17)22(28)26-13-4-10-24(16-26)11-12-25-15-24;/h3,6,8-9,14,25H,2,4-5,7,10-13,15-16H2,1H3;1H. The second-order valence-corrected chi connectivity index (χ2v) is 9.07. The molecule has 1 N–H and O–H groups in total. The molecule has 1 aromatic heterocycles. The van der Waals surface area contributed by atoms with E-state index in [1.54, 1.807) is 4.57 Å². The summed E-state index contributed by atoms with van der Waals surface area (Å²) in [6.45, 7) is 5.39. The van der Waals surface area contributed by atoms with Crippen molar-refractivity contribution < 1.29 is 4.79 Å². The molecule has 2 fully saturated rings. The Kier molecular flexibility index (Phi) is 5.78. The highest BCUT2D eigenvalue weighted by molar-refractivity contribution is 5.95. The lowest BCUT2D eigenvalue weighted by Crippen LogP contribution is -2.48. The molecule has 1 unspecified atom stereocenters. The van der Waals surface area contributed by atoms with Gasteiger partial charge in [-0.05, 0) is 80.8 Å². The second kappa shape index (κ2) is 8.20. The third-order valence-electron chi connectivity index (χ3n) is 7.18. The van der Waals surface area contributed by atoms with Crippen LogP contribution in [0, 0.1) is 12.3 Å². The van der Waals surface area contributed by atoms with Gasteiger partial charge in [0.2, 0.25) is 0 Å². The van der Waals surface area contributed by atoms with Gasteiger partial charge in [-0.1, -0.05) is 12.1 Å². The molecule has 1 aliphatic carbocycles. The van der Waals surface area contributed by atoms with E-state index in [0.717, 1.165) is 76.0 Å². The van der Waals surface area contributed by atoms with Crippen molar-refractivity contribution in [2.24, 2.45) is 5.41 Å². The van der Waals surface area contributed by atoms with Crippen molar-refractivity contribution in [1.82, 2.24) is 14.8 Å². The van der Waals surface area contributed by atoms with Crippen molar-refractivity contribution in [2.75, 3.05) is 26.2 Å². The zero-order valence-corrected chi connectivity index (χ0v) is 18.4. The average Bonchev–Trinajstić information content (AvgIpc) is 3.38. The number of nitrogens with zero attached hydrogens (tertiary/aromatic N) is 2. The molecule has 1 atom stereocenters. The first-order valence-corrected chi connectivity index (χ1v) is 10.9. The Balaban J connectivity index is 0.00000218. The maximum atomic E-state index is 13.5. The summed E-state index contributed by atoms with van der Waals surface area (Å²) < 4.78 is 1.70. The van der Waals surface area contributed by atoms with Gasteiger partial charge in [-0.15, -0.1) is 12.4 Å². The number of aromatic nitrogens is 1. The molecule has 2 aliphatic heterocycles. The minimum atomic E-state index is -0.181. The molecule has 6 heteroatoms. The Bertz CT molecular complexity index is 1020. The van der Waals surface area contributed by atoms with E-state index >= 15 is 0 Å². The number of benzene rings is 1. The van der Waals surface area contributed by atoms with E-state index in [9.17, 15) is 9.59 Å². The van der Waals surface area contributed by atoms with Gasteiger partial charge in [-0.3, -0.25) is 14.2 Å². The van der Waals surface area contributed by atoms with Crippen LogP contribution in [0.2, 0.25) is 0 Å². The lowest BCUT2D eigenvalue weighted by Gasteiger charge is -2.40. The molecule has 1 aromatic carbocycles. The Labute approximate surface area is 183 Å². The van der Waals surface area contributed by atoms with E-state index in [0.29, 0.717) is 5.56 Å². The summed E-state index contributed by atoms with van der Waals surface area (Å²) in [7, 11) is 0. The van der Waals surface area contributed by atoms with Gasteiger partial charge >= 0.3 is 0 Å². The van der Waals surface area contributed by atoms with E-state index in [1.807, 2.05) is 36.2 Å². The Morgan fingerprint density at radius 3 is 2.80 bits per heavy atom. The molecular formula is C24H30ClN3O2. The summed E-state index contributed by atoms with van der Waals surface area (Å²) in [6, 6.07) is 8.10. The van der Waals surface area contributed by atoms with Crippen LogP contribution in [-0.4, -0.2) is 41.6 Å². The van der Waals surface area contributed by atoms with Crippen molar-refractivity contribution in [3.8, 4) is 5.69 Å². The fourth-order valence-electron chi connectivity index (χ4n) is 5.58. The predicted molar refractivity (Wildman–Crippen MR) is 121 cm³/mol. The number of carbonyl (C=O) groups is 1. The summed E-state index contributed by atoms with van der Waals surface area (Å²) in [4.78, 5) is 28.9. The molecule has 0 bridgehead atoms. The molecule has 2 saturated heterocycles. The number of amides is 1. The molecule has 1 amide bonds. The number of halogens is 1. The topological polar surface area (TPSA) is 54.3 Å². The van der Waals surface area contributed by atoms with E-state index in [-0.39, 0.29) is 29.3 Å². The predicted octanol–water partition coefficient (Wildman–Crippen LogP) is 3.27. The number of likely N-dealkylation sites (tertiary alicyclic amines) is 1. The summed E-state index contributed by atoms with van der Waals surface area (Å²) >= 11 is 0. The number of hydrogen-bond donors (Lipinski definition) is 1. The van der Waals surface area contributed by atoms with Crippen LogP contribution in [0.1, 0.15) is 52.7 Å². The van der Waals surface area contributed by atoms with E-state index in [2.05, 4.69) is 11.4 Å². The summed E-state index contributed by atoms with van der Waals surface area (Å²) in [6.07, 6.45) is 8.32. The van der Waals surface area contributed by atoms with Gasteiger partial charge in [0, 0.05) is 31.2 Å². The highest BCUT2D eigenvalue weighted by atomic mass is 35.5. The minimum absolute atomic E-state index is 0. The fraction of sp³-hybridized carbons (Fsp3) is 0.500. The monoisotopic (exact) mass is 427 g/mol. The smallest absolute Gasteiger partial charge is 0.268 e. The first-order chi connectivity index (χ1) is 14.1. The van der Waals surface area contributed by atoms with Crippen LogP contribution in [0.25, 0.3) is 5.69 Å². The lowest BCUT2D eigenvalue weighted by atomic mass is 9.79. The van der Waals surface area contributed by atoms with Gasteiger partial charge in [0.1, 0.15) is 5.56 Å². The fourth-order valence-corrected chi connectivity index (χ4v) is 5.58. The minimum Gasteiger partial charge on any atom is -0.338 e. The highest BCUT2D eigenvalue weighted by Crippen LogP contribution is 2.36. The normalized spacial score (nSPS) is 22.8. The van der Waals surface area contributed by atoms with Crippen LogP contribution >= 0.6 is 12.4 Å². The number of pyridine rings is 1. The highest BCUT2D eigenvalue weighted by Gasteiger charge is 2.40. The van der Waals surface area contributed by atoms with E-state index < -0.39 is 0 Å². The van der Waals surface area contributed by atoms with Crippen LogP contribution in [0.4, 0.5) is 0 Å². The molecule has 5 rings (SSSR count). The third-order valence-corrected chi connectivity index (χ3v) is 7.18. The van der Waals surface area contributed by atoms with Crippen LogP contribution in [-0.2, 0) is 12.8 Å². The summed E-state index contributed by atoms with van der Waals surface area (Å²) in [5, 5.41) is 3.46. The van der Waals surface area contributed by atoms with Crippen LogP contribution in [0.15, 0.2) is 35.3 Å². The first-order valence-electron chi connectivity index (χ1n) is 10.9. The second-order valence-electron chi connectivity index (χ2n) is 9.07. The van der Waals surface area contributed by atoms with Crippen molar-refractivity contribution >= 4 is 18.3 Å². The van der Waals surface area contributed by atoms with Gasteiger partial charge in [-0.2, -0.15) is 0 Å². The number of fused-ring (bicyclic) bond motifs is 1. The number of carbonyl (C=O) groups excluding carboxylic acids is 1. The van der Waals surface area contributed by atoms with Crippen molar-refractivity contribution in [3.05, 3.63) is 63.1 Å². The first kappa shape index (κ1) is 21.1. The van der Waals surface area contributed by atoms with Gasteiger partial charge in [-0.25, -0.2) is 0 Å². The van der Waals surface area contributed by atoms with Crippen molar-refractivity contribution in [3.63, 3.8) is 0 Å². The molecular weight excluding hydrogens is 398 g/mol. The molecule has 30 heavy (non-hydrogen) atoms. The van der Waals surface area contributed by atoms with Gasteiger partial charge in [0.15, 0.2) is 0 Å². The zero-order chi connectivity index (χ0) is 20.0. The SMILES string of the molecule is Cc1ccn(-c2cccc3c2CCC3)c(=O)c1C(=O)N1CCCC2(CCNC2)C1.Cl. The molecule has 3 aliphatic rings. The Morgan fingerprint density at radius 1 is 1.13 bits per heavy atom. The molecule has 2 aromatic rings. The number of rotatable bonds is 2. The summed E-state index contributed by atoms with van der Waals surface area (Å²) in [5.74, 6) is -0.0969. The van der Waals surface area contributed by atoms with Gasteiger partial charge < -0.3 is 10.2 Å². The van der Waals surface area contributed by atoms with Crippen LogP contribution < -0.4 is 10.9 Å². The van der Waals surface area contributed by atoms with Gasteiger partial charge in [0.25, 0.3) is 11.5 Å². The molecule has 0 radical (unpaired) electrons. The van der Waals surface area contributed by atoms with E-state index in [4.69, 9.17) is 0 Å². The van der Waals surface area contributed by atoms with Crippen LogP contribution in [0.3, 0.4) is 0 Å². The molecule has 3 heterocycles. The molecule has 1 spiro atoms. The molecule has 160 valence electrons. The Hall–Kier alpha value is -2.11. The van der Waals surface area contributed by atoms with E-state index in [1.165, 1.54) is 11.1 Å². The van der Waals surface area contributed by atoms with Crippen molar-refractivity contribution in [2.45, 2.75) is 45.4 Å². The number of hydrogen-bond acceptors (Lipinski definition) is 3. The largest absolute Gasteiger partial charge is 0.338 e. The average molecular weight is 428 g/mol. The number of piperidine rings is 1. The van der Waals surface area contributed by atoms with Crippen LogP contribution in [0.5, 0.6) is 0 Å². The third kappa shape index (κ3) is 3.48. The lowest BCUT2D eigenvalue weighted by molar-refractivity contribution is 0.0550.